The van der Waals surface area contributed by atoms with Crippen molar-refractivity contribution >= 4 is 11.3 Å². The van der Waals surface area contributed by atoms with E-state index in [9.17, 15) is 0 Å². The molecule has 3 nitrogen and oxygen atoms in total. The van der Waals surface area contributed by atoms with E-state index in [2.05, 4.69) is 31.2 Å². The molecule has 1 aromatic heterocycles. The average molecular weight is 265 g/mol. The molecule has 2 unspecified atom stereocenters. The monoisotopic (exact) mass is 265 g/mol. The van der Waals surface area contributed by atoms with E-state index < -0.39 is 0 Å². The van der Waals surface area contributed by atoms with E-state index >= 15 is 0 Å². The lowest BCUT2D eigenvalue weighted by molar-refractivity contribution is 0.113. The molecule has 1 aromatic rings. The van der Waals surface area contributed by atoms with Crippen molar-refractivity contribution in [1.29, 1.82) is 0 Å². The van der Waals surface area contributed by atoms with Crippen LogP contribution in [0.2, 0.25) is 0 Å². The summed E-state index contributed by atoms with van der Waals surface area (Å²) in [5.74, 6) is 0.501. The van der Waals surface area contributed by atoms with Crippen LogP contribution in [0.1, 0.15) is 56.2 Å². The van der Waals surface area contributed by atoms with Crippen LogP contribution in [0.4, 0.5) is 0 Å². The Morgan fingerprint density at radius 2 is 2.00 bits per heavy atom. The van der Waals surface area contributed by atoms with Crippen molar-refractivity contribution in [1.82, 2.24) is 9.88 Å². The van der Waals surface area contributed by atoms with Gasteiger partial charge in [0.25, 0.3) is 0 Å². The van der Waals surface area contributed by atoms with Crippen LogP contribution in [-0.4, -0.2) is 29.0 Å². The fourth-order valence-electron chi connectivity index (χ4n) is 3.46. The van der Waals surface area contributed by atoms with Crippen LogP contribution in [0.3, 0.4) is 0 Å². The quantitative estimate of drug-likeness (QED) is 0.894. The summed E-state index contributed by atoms with van der Waals surface area (Å²) in [5, 5.41) is 3.35. The maximum Gasteiger partial charge on any atom is 0.113 e. The highest BCUT2D eigenvalue weighted by Gasteiger charge is 2.47. The van der Waals surface area contributed by atoms with Gasteiger partial charge < -0.3 is 10.6 Å². The highest BCUT2D eigenvalue weighted by Crippen LogP contribution is 2.44. The summed E-state index contributed by atoms with van der Waals surface area (Å²) in [7, 11) is 2.25. The number of fused-ring (bicyclic) bond motifs is 2. The fraction of sp³-hybridized carbons (Fsp3) is 0.786. The molecule has 3 rings (SSSR count). The van der Waals surface area contributed by atoms with Gasteiger partial charge in [0.2, 0.25) is 0 Å². The first-order chi connectivity index (χ1) is 8.49. The summed E-state index contributed by atoms with van der Waals surface area (Å²) in [6.45, 7) is 4.39. The number of thiazole rings is 1. The van der Waals surface area contributed by atoms with Crippen LogP contribution < -0.4 is 5.73 Å². The Bertz CT molecular complexity index is 426. The van der Waals surface area contributed by atoms with E-state index in [-0.39, 0.29) is 5.54 Å². The standard InChI is InChI=1S/C14H23N3S/c1-9(2)12-8-18-13(16-12)14(15)6-10-4-5-11(7-14)17(10)3/h8-11H,4-7,15H2,1-3H3. The molecule has 2 atom stereocenters. The summed E-state index contributed by atoms with van der Waals surface area (Å²) in [4.78, 5) is 7.33. The largest absolute Gasteiger partial charge is 0.319 e. The molecule has 2 N–H and O–H groups in total. The van der Waals surface area contributed by atoms with E-state index in [1.165, 1.54) is 18.5 Å². The molecule has 2 aliphatic rings. The predicted octanol–water partition coefficient (Wildman–Crippen LogP) is 2.68. The summed E-state index contributed by atoms with van der Waals surface area (Å²) >= 11 is 1.76. The third-order valence-electron chi connectivity index (χ3n) is 4.72. The van der Waals surface area contributed by atoms with Crippen molar-refractivity contribution in [3.05, 3.63) is 16.1 Å². The lowest BCUT2D eigenvalue weighted by Crippen LogP contribution is -2.52. The maximum absolute atomic E-state index is 6.70. The van der Waals surface area contributed by atoms with Crippen LogP contribution in [0, 0.1) is 0 Å². The molecule has 0 radical (unpaired) electrons. The van der Waals surface area contributed by atoms with Crippen molar-refractivity contribution in [2.75, 3.05) is 7.05 Å². The zero-order chi connectivity index (χ0) is 12.9. The Labute approximate surface area is 113 Å². The van der Waals surface area contributed by atoms with Gasteiger partial charge in [-0.2, -0.15) is 0 Å². The van der Waals surface area contributed by atoms with Crippen LogP contribution in [0.15, 0.2) is 5.38 Å². The molecule has 18 heavy (non-hydrogen) atoms. The zero-order valence-corrected chi connectivity index (χ0v) is 12.3. The van der Waals surface area contributed by atoms with Gasteiger partial charge in [0.1, 0.15) is 5.01 Å². The van der Waals surface area contributed by atoms with Crippen LogP contribution in [-0.2, 0) is 5.54 Å². The number of hydrogen-bond acceptors (Lipinski definition) is 4. The second-order valence-electron chi connectivity index (χ2n) is 6.35. The van der Waals surface area contributed by atoms with Gasteiger partial charge in [0, 0.05) is 17.5 Å². The van der Waals surface area contributed by atoms with E-state index in [1.807, 2.05) is 0 Å². The first-order valence-electron chi connectivity index (χ1n) is 6.96. The Morgan fingerprint density at radius 1 is 1.39 bits per heavy atom. The Balaban J connectivity index is 1.86. The summed E-state index contributed by atoms with van der Waals surface area (Å²) < 4.78 is 0. The smallest absolute Gasteiger partial charge is 0.113 e. The zero-order valence-electron chi connectivity index (χ0n) is 11.5. The number of rotatable bonds is 2. The first kappa shape index (κ1) is 12.6. The van der Waals surface area contributed by atoms with Crippen molar-refractivity contribution in [2.24, 2.45) is 5.73 Å². The van der Waals surface area contributed by atoms with Gasteiger partial charge in [-0.3, -0.25) is 0 Å². The predicted molar refractivity (Wildman–Crippen MR) is 75.9 cm³/mol. The van der Waals surface area contributed by atoms with Gasteiger partial charge in [-0.15, -0.1) is 11.3 Å². The molecule has 0 amide bonds. The fourth-order valence-corrected chi connectivity index (χ4v) is 4.58. The minimum absolute atomic E-state index is 0.170. The highest BCUT2D eigenvalue weighted by atomic mass is 32.1. The van der Waals surface area contributed by atoms with Crippen LogP contribution >= 0.6 is 11.3 Å². The Morgan fingerprint density at radius 3 is 2.50 bits per heavy atom. The lowest BCUT2D eigenvalue weighted by Gasteiger charge is -2.41. The third kappa shape index (κ3) is 1.91. The molecule has 0 aliphatic carbocycles. The molecule has 0 aromatic carbocycles. The average Bonchev–Trinajstić information content (AvgIpc) is 2.87. The highest BCUT2D eigenvalue weighted by molar-refractivity contribution is 7.09. The molecule has 100 valence electrons. The van der Waals surface area contributed by atoms with Crippen molar-refractivity contribution in [3.63, 3.8) is 0 Å². The van der Waals surface area contributed by atoms with Crippen molar-refractivity contribution in [3.8, 4) is 0 Å². The van der Waals surface area contributed by atoms with E-state index in [0.717, 1.165) is 17.8 Å². The van der Waals surface area contributed by atoms with Crippen molar-refractivity contribution in [2.45, 2.75) is 63.1 Å². The summed E-state index contributed by atoms with van der Waals surface area (Å²) in [5.41, 5.74) is 7.73. The number of aromatic nitrogens is 1. The van der Waals surface area contributed by atoms with E-state index in [0.29, 0.717) is 18.0 Å². The topological polar surface area (TPSA) is 42.1 Å². The van der Waals surface area contributed by atoms with Gasteiger partial charge in [-0.25, -0.2) is 4.98 Å². The molecule has 3 heterocycles. The molecular weight excluding hydrogens is 242 g/mol. The molecular formula is C14H23N3S. The Hall–Kier alpha value is -0.450. The molecule has 2 bridgehead atoms. The molecule has 2 fully saturated rings. The number of piperidine rings is 1. The molecule has 2 saturated heterocycles. The van der Waals surface area contributed by atoms with Crippen molar-refractivity contribution < 1.29 is 0 Å². The van der Waals surface area contributed by atoms with Gasteiger partial charge in [-0.05, 0) is 38.6 Å². The third-order valence-corrected chi connectivity index (χ3v) is 5.80. The van der Waals surface area contributed by atoms with E-state index in [1.54, 1.807) is 11.3 Å². The van der Waals surface area contributed by atoms with Gasteiger partial charge in [0.05, 0.1) is 11.2 Å². The minimum atomic E-state index is -0.170. The van der Waals surface area contributed by atoms with Gasteiger partial charge in [0.15, 0.2) is 0 Å². The Kier molecular flexibility index (Phi) is 3.00. The van der Waals surface area contributed by atoms with Crippen LogP contribution in [0.25, 0.3) is 0 Å². The maximum atomic E-state index is 6.70. The second kappa shape index (κ2) is 4.29. The van der Waals surface area contributed by atoms with E-state index in [4.69, 9.17) is 10.7 Å². The summed E-state index contributed by atoms with van der Waals surface area (Å²) in [6.07, 6.45) is 4.77. The number of hydrogen-bond donors (Lipinski definition) is 1. The molecule has 0 spiro atoms. The SMILES string of the molecule is CC(C)c1csc(C2(N)CC3CCC(C2)N3C)n1. The molecule has 2 aliphatic heterocycles. The second-order valence-corrected chi connectivity index (χ2v) is 7.21. The van der Waals surface area contributed by atoms with Crippen LogP contribution in [0.5, 0.6) is 0 Å². The lowest BCUT2D eigenvalue weighted by atomic mass is 9.84. The number of nitrogens with two attached hydrogens (primary N) is 1. The van der Waals surface area contributed by atoms with Gasteiger partial charge in [-0.1, -0.05) is 13.8 Å². The number of nitrogens with zero attached hydrogens (tertiary/aromatic N) is 2. The normalized spacial score (nSPS) is 36.5. The first-order valence-corrected chi connectivity index (χ1v) is 7.84. The minimum Gasteiger partial charge on any atom is -0.319 e. The van der Waals surface area contributed by atoms with Gasteiger partial charge >= 0.3 is 0 Å². The molecule has 4 heteroatoms. The molecule has 0 saturated carbocycles. The summed E-state index contributed by atoms with van der Waals surface area (Å²) in [6, 6.07) is 1.33.